The Morgan fingerprint density at radius 1 is 1.47 bits per heavy atom. The quantitative estimate of drug-likeness (QED) is 0.763. The Morgan fingerprint density at radius 2 is 2.24 bits per heavy atom. The van der Waals surface area contributed by atoms with Gasteiger partial charge in [0.25, 0.3) is 0 Å². The van der Waals surface area contributed by atoms with E-state index in [0.717, 1.165) is 12.8 Å². The molecule has 0 spiro atoms. The highest BCUT2D eigenvalue weighted by atomic mass is 32.2. The van der Waals surface area contributed by atoms with Crippen molar-refractivity contribution in [3.63, 3.8) is 0 Å². The second-order valence-electron chi connectivity index (χ2n) is 4.43. The van der Waals surface area contributed by atoms with Crippen molar-refractivity contribution in [1.82, 2.24) is 10.2 Å². The number of rotatable bonds is 2. The zero-order chi connectivity index (χ0) is 12.4. The summed E-state index contributed by atoms with van der Waals surface area (Å²) in [6.45, 7) is 2.72. The molecule has 0 bridgehead atoms. The van der Waals surface area contributed by atoms with Gasteiger partial charge in [-0.3, -0.25) is 14.4 Å². The van der Waals surface area contributed by atoms with Gasteiger partial charge in [-0.1, -0.05) is 11.8 Å². The zero-order valence-corrected chi connectivity index (χ0v) is 10.6. The molecule has 2 rings (SSSR count). The molecule has 1 N–H and O–H groups in total. The monoisotopic (exact) mass is 256 g/mol. The Hall–Kier alpha value is -1.04. The molecule has 2 amide bonds. The van der Waals surface area contributed by atoms with Crippen molar-refractivity contribution in [3.05, 3.63) is 0 Å². The van der Waals surface area contributed by atoms with E-state index in [4.69, 9.17) is 0 Å². The highest BCUT2D eigenvalue weighted by Gasteiger charge is 2.38. The lowest BCUT2D eigenvalue weighted by molar-refractivity contribution is -0.138. The van der Waals surface area contributed by atoms with Crippen LogP contribution in [0, 0.1) is 0 Å². The van der Waals surface area contributed by atoms with Crippen LogP contribution in [0.25, 0.3) is 0 Å². The van der Waals surface area contributed by atoms with Crippen molar-refractivity contribution < 1.29 is 14.4 Å². The number of nitrogens with one attached hydrogen (secondary N) is 1. The third-order valence-corrected chi connectivity index (χ3v) is 4.07. The first-order valence-corrected chi connectivity index (χ1v) is 6.70. The lowest BCUT2D eigenvalue weighted by atomic mass is 10.1. The highest BCUT2D eigenvalue weighted by molar-refractivity contribution is 8.14. The van der Waals surface area contributed by atoms with Gasteiger partial charge in [0.1, 0.15) is 6.04 Å². The van der Waals surface area contributed by atoms with Gasteiger partial charge in [0.2, 0.25) is 11.8 Å². The van der Waals surface area contributed by atoms with Crippen molar-refractivity contribution >= 4 is 28.7 Å². The average molecular weight is 256 g/mol. The number of carbonyl (C=O) groups excluding carboxylic acids is 3. The molecule has 0 aromatic rings. The molecule has 2 aliphatic heterocycles. The minimum absolute atomic E-state index is 0.00852. The molecule has 5 nitrogen and oxygen atoms in total. The highest BCUT2D eigenvalue weighted by Crippen LogP contribution is 2.27. The molecule has 2 unspecified atom stereocenters. The van der Waals surface area contributed by atoms with Crippen LogP contribution < -0.4 is 5.32 Å². The Bertz CT molecular complexity index is 359. The van der Waals surface area contributed by atoms with Crippen LogP contribution in [0.2, 0.25) is 0 Å². The van der Waals surface area contributed by atoms with E-state index in [1.807, 2.05) is 0 Å². The van der Waals surface area contributed by atoms with Gasteiger partial charge >= 0.3 is 0 Å². The van der Waals surface area contributed by atoms with Gasteiger partial charge in [-0.15, -0.1) is 0 Å². The van der Waals surface area contributed by atoms with Gasteiger partial charge in [0.15, 0.2) is 5.12 Å². The maximum Gasteiger partial charge on any atom is 0.242 e. The summed E-state index contributed by atoms with van der Waals surface area (Å²) in [5, 5.41) is 2.81. The summed E-state index contributed by atoms with van der Waals surface area (Å²) < 4.78 is 0. The van der Waals surface area contributed by atoms with E-state index in [0.29, 0.717) is 19.5 Å². The van der Waals surface area contributed by atoms with Gasteiger partial charge in [0, 0.05) is 31.7 Å². The predicted molar refractivity (Wildman–Crippen MR) is 64.4 cm³/mol. The maximum absolute atomic E-state index is 11.8. The first-order chi connectivity index (χ1) is 8.08. The summed E-state index contributed by atoms with van der Waals surface area (Å²) in [6.07, 6.45) is 2.01. The molecule has 0 saturated carbocycles. The fourth-order valence-electron chi connectivity index (χ4n) is 2.37. The molecule has 94 valence electrons. The smallest absolute Gasteiger partial charge is 0.242 e. The number of thioether (sulfide) groups is 1. The third-order valence-electron chi connectivity index (χ3n) is 3.09. The molecule has 17 heavy (non-hydrogen) atoms. The topological polar surface area (TPSA) is 66.5 Å². The summed E-state index contributed by atoms with van der Waals surface area (Å²) >= 11 is 1.20. The van der Waals surface area contributed by atoms with Gasteiger partial charge in [-0.2, -0.15) is 0 Å². The summed E-state index contributed by atoms with van der Waals surface area (Å²) in [6, 6.07) is -0.325. The number of amides is 2. The van der Waals surface area contributed by atoms with Crippen LogP contribution in [0.5, 0.6) is 0 Å². The SMILES string of the molecule is CC(=O)SC1CC(=O)N(C2CCCNC2=O)C1. The molecule has 0 aromatic carbocycles. The zero-order valence-electron chi connectivity index (χ0n) is 9.77. The normalized spacial score (nSPS) is 29.4. The minimum atomic E-state index is -0.325. The first-order valence-electron chi connectivity index (χ1n) is 5.82. The largest absolute Gasteiger partial charge is 0.354 e. The molecule has 2 fully saturated rings. The molecule has 2 saturated heterocycles. The van der Waals surface area contributed by atoms with Crippen molar-refractivity contribution in [1.29, 1.82) is 0 Å². The molecule has 2 atom stereocenters. The molecule has 2 heterocycles. The fraction of sp³-hybridized carbons (Fsp3) is 0.727. The van der Waals surface area contributed by atoms with E-state index in [-0.39, 0.29) is 28.2 Å². The van der Waals surface area contributed by atoms with Crippen LogP contribution in [-0.4, -0.2) is 46.2 Å². The third kappa shape index (κ3) is 2.80. The summed E-state index contributed by atoms with van der Waals surface area (Å²) in [5.41, 5.74) is 0. The molecule has 0 aliphatic carbocycles. The van der Waals surface area contributed by atoms with Crippen molar-refractivity contribution in [2.45, 2.75) is 37.5 Å². The second-order valence-corrected chi connectivity index (χ2v) is 5.91. The molecular formula is C11H16N2O3S. The van der Waals surface area contributed by atoms with Gasteiger partial charge in [0.05, 0.1) is 0 Å². The van der Waals surface area contributed by atoms with E-state index in [9.17, 15) is 14.4 Å². The summed E-state index contributed by atoms with van der Waals surface area (Å²) in [4.78, 5) is 36.2. The van der Waals surface area contributed by atoms with Gasteiger partial charge in [-0.25, -0.2) is 0 Å². The number of nitrogens with zero attached hydrogens (tertiary/aromatic N) is 1. The predicted octanol–water partition coefficient (Wildman–Crippen LogP) is 0.146. The molecule has 0 aromatic heterocycles. The fourth-order valence-corrected chi connectivity index (χ4v) is 3.30. The lowest BCUT2D eigenvalue weighted by Crippen LogP contribution is -2.51. The lowest BCUT2D eigenvalue weighted by Gasteiger charge is -2.30. The molecule has 6 heteroatoms. The summed E-state index contributed by atoms with van der Waals surface area (Å²) in [7, 11) is 0. The van der Waals surface area contributed by atoms with Crippen LogP contribution in [0.15, 0.2) is 0 Å². The van der Waals surface area contributed by atoms with Crippen molar-refractivity contribution in [2.24, 2.45) is 0 Å². The number of hydrogen-bond donors (Lipinski definition) is 1. The van der Waals surface area contributed by atoms with Crippen LogP contribution in [0.4, 0.5) is 0 Å². The van der Waals surface area contributed by atoms with Crippen LogP contribution in [0.3, 0.4) is 0 Å². The van der Waals surface area contributed by atoms with E-state index < -0.39 is 0 Å². The van der Waals surface area contributed by atoms with Crippen LogP contribution in [-0.2, 0) is 14.4 Å². The Morgan fingerprint density at radius 3 is 2.88 bits per heavy atom. The second kappa shape index (κ2) is 5.08. The Balaban J connectivity index is 1.99. The molecular weight excluding hydrogens is 240 g/mol. The Kier molecular flexibility index (Phi) is 3.71. The first kappa shape index (κ1) is 12.4. The average Bonchev–Trinajstić information content (AvgIpc) is 2.59. The van der Waals surface area contributed by atoms with Crippen LogP contribution in [0.1, 0.15) is 26.2 Å². The minimum Gasteiger partial charge on any atom is -0.354 e. The van der Waals surface area contributed by atoms with Crippen molar-refractivity contribution in [3.8, 4) is 0 Å². The van der Waals surface area contributed by atoms with Gasteiger partial charge < -0.3 is 10.2 Å². The number of piperidine rings is 1. The Labute approximate surface area is 104 Å². The van der Waals surface area contributed by atoms with E-state index in [2.05, 4.69) is 5.32 Å². The van der Waals surface area contributed by atoms with Gasteiger partial charge in [-0.05, 0) is 12.8 Å². The van der Waals surface area contributed by atoms with E-state index in [1.165, 1.54) is 18.7 Å². The van der Waals surface area contributed by atoms with Crippen LogP contribution >= 0.6 is 11.8 Å². The maximum atomic E-state index is 11.8. The number of hydrogen-bond acceptors (Lipinski definition) is 4. The molecule has 2 aliphatic rings. The van der Waals surface area contributed by atoms with Crippen molar-refractivity contribution in [2.75, 3.05) is 13.1 Å². The van der Waals surface area contributed by atoms with E-state index in [1.54, 1.807) is 4.90 Å². The number of carbonyl (C=O) groups is 3. The van der Waals surface area contributed by atoms with E-state index >= 15 is 0 Å². The standard InChI is InChI=1S/C11H16N2O3S/c1-7(14)17-8-5-10(15)13(6-8)9-3-2-4-12-11(9)16/h8-9H,2-6H2,1H3,(H,12,16). The number of likely N-dealkylation sites (tertiary alicyclic amines) is 1. The molecule has 0 radical (unpaired) electrons. The summed E-state index contributed by atoms with van der Waals surface area (Å²) in [5.74, 6) is -0.0659.